The average molecular weight is 243 g/mol. The molecule has 96 valence electrons. The van der Waals surface area contributed by atoms with E-state index in [2.05, 4.69) is 59.3 Å². The SMILES string of the molecule is CCn1ncc(C)c1CNCCc1ccccc1. The van der Waals surface area contributed by atoms with Crippen molar-refractivity contribution in [3.63, 3.8) is 0 Å². The van der Waals surface area contributed by atoms with Gasteiger partial charge >= 0.3 is 0 Å². The topological polar surface area (TPSA) is 29.9 Å². The summed E-state index contributed by atoms with van der Waals surface area (Å²) < 4.78 is 2.06. The third kappa shape index (κ3) is 3.20. The van der Waals surface area contributed by atoms with Crippen LogP contribution in [-0.4, -0.2) is 16.3 Å². The fourth-order valence-electron chi connectivity index (χ4n) is 2.09. The minimum Gasteiger partial charge on any atom is -0.311 e. The molecule has 3 nitrogen and oxygen atoms in total. The molecule has 0 spiro atoms. The van der Waals surface area contributed by atoms with E-state index < -0.39 is 0 Å². The lowest BCUT2D eigenvalue weighted by atomic mass is 10.1. The Morgan fingerprint density at radius 3 is 2.72 bits per heavy atom. The quantitative estimate of drug-likeness (QED) is 0.790. The van der Waals surface area contributed by atoms with Gasteiger partial charge in [-0.15, -0.1) is 0 Å². The highest BCUT2D eigenvalue weighted by Crippen LogP contribution is 2.06. The highest BCUT2D eigenvalue weighted by molar-refractivity contribution is 5.16. The number of nitrogens with zero attached hydrogens (tertiary/aromatic N) is 2. The molecule has 18 heavy (non-hydrogen) atoms. The molecule has 1 heterocycles. The monoisotopic (exact) mass is 243 g/mol. The lowest BCUT2D eigenvalue weighted by Crippen LogP contribution is -2.19. The first-order valence-corrected chi connectivity index (χ1v) is 6.57. The molecule has 0 amide bonds. The maximum atomic E-state index is 4.35. The Balaban J connectivity index is 1.80. The van der Waals surface area contributed by atoms with Crippen LogP contribution in [0.25, 0.3) is 0 Å². The Morgan fingerprint density at radius 2 is 2.00 bits per heavy atom. The van der Waals surface area contributed by atoms with Crippen LogP contribution in [-0.2, 0) is 19.5 Å². The highest BCUT2D eigenvalue weighted by atomic mass is 15.3. The van der Waals surface area contributed by atoms with Gasteiger partial charge < -0.3 is 5.32 Å². The molecule has 1 N–H and O–H groups in total. The molecule has 0 unspecified atom stereocenters. The molecule has 0 radical (unpaired) electrons. The van der Waals surface area contributed by atoms with E-state index in [-0.39, 0.29) is 0 Å². The highest BCUT2D eigenvalue weighted by Gasteiger charge is 2.04. The number of rotatable bonds is 6. The zero-order chi connectivity index (χ0) is 12.8. The molecule has 1 aromatic heterocycles. The van der Waals surface area contributed by atoms with Gasteiger partial charge in [0, 0.05) is 13.1 Å². The molecule has 0 aliphatic heterocycles. The summed E-state index contributed by atoms with van der Waals surface area (Å²) in [7, 11) is 0. The van der Waals surface area contributed by atoms with Crippen LogP contribution < -0.4 is 5.32 Å². The Labute approximate surface area is 109 Å². The standard InChI is InChI=1S/C15H21N3/c1-3-18-15(13(2)11-17-18)12-16-10-9-14-7-5-4-6-8-14/h4-8,11,16H,3,9-10,12H2,1-2H3. The van der Waals surface area contributed by atoms with Gasteiger partial charge in [-0.05, 0) is 37.9 Å². The number of aromatic nitrogens is 2. The first kappa shape index (κ1) is 12.8. The summed E-state index contributed by atoms with van der Waals surface area (Å²) in [5.41, 5.74) is 3.94. The second-order valence-corrected chi connectivity index (χ2v) is 4.50. The van der Waals surface area contributed by atoms with Gasteiger partial charge in [0.15, 0.2) is 0 Å². The fourth-order valence-corrected chi connectivity index (χ4v) is 2.09. The molecule has 0 aliphatic rings. The normalized spacial score (nSPS) is 10.8. The fraction of sp³-hybridized carbons (Fsp3) is 0.400. The largest absolute Gasteiger partial charge is 0.311 e. The molecule has 0 aliphatic carbocycles. The molecular formula is C15H21N3. The van der Waals surface area contributed by atoms with Crippen molar-refractivity contribution < 1.29 is 0 Å². The lowest BCUT2D eigenvalue weighted by molar-refractivity contribution is 0.580. The van der Waals surface area contributed by atoms with E-state index >= 15 is 0 Å². The molecule has 2 rings (SSSR count). The van der Waals surface area contributed by atoms with E-state index in [0.29, 0.717) is 0 Å². The van der Waals surface area contributed by atoms with Gasteiger partial charge in [0.1, 0.15) is 0 Å². The maximum absolute atomic E-state index is 4.35. The Hall–Kier alpha value is -1.61. The van der Waals surface area contributed by atoms with Crippen LogP contribution in [0.4, 0.5) is 0 Å². The van der Waals surface area contributed by atoms with Gasteiger partial charge in [-0.25, -0.2) is 0 Å². The molecule has 0 atom stereocenters. The van der Waals surface area contributed by atoms with Crippen molar-refractivity contribution in [3.8, 4) is 0 Å². The summed E-state index contributed by atoms with van der Waals surface area (Å²) in [6, 6.07) is 10.6. The van der Waals surface area contributed by atoms with Crippen molar-refractivity contribution in [2.75, 3.05) is 6.54 Å². The summed E-state index contributed by atoms with van der Waals surface area (Å²) in [5, 5.41) is 7.84. The van der Waals surface area contributed by atoms with E-state index in [1.54, 1.807) is 0 Å². The lowest BCUT2D eigenvalue weighted by Gasteiger charge is -2.08. The number of aryl methyl sites for hydroxylation is 2. The average Bonchev–Trinajstić information content (AvgIpc) is 2.77. The van der Waals surface area contributed by atoms with Crippen molar-refractivity contribution in [2.45, 2.75) is 33.4 Å². The number of benzene rings is 1. The van der Waals surface area contributed by atoms with E-state index in [4.69, 9.17) is 0 Å². The van der Waals surface area contributed by atoms with Crippen LogP contribution in [0.5, 0.6) is 0 Å². The molecule has 1 aromatic carbocycles. The summed E-state index contributed by atoms with van der Waals surface area (Å²) in [6.07, 6.45) is 3.01. The second-order valence-electron chi connectivity index (χ2n) is 4.50. The Kier molecular flexibility index (Phi) is 4.53. The summed E-state index contributed by atoms with van der Waals surface area (Å²) in [5.74, 6) is 0. The third-order valence-electron chi connectivity index (χ3n) is 3.18. The van der Waals surface area contributed by atoms with Crippen LogP contribution >= 0.6 is 0 Å². The molecular weight excluding hydrogens is 222 g/mol. The molecule has 2 aromatic rings. The van der Waals surface area contributed by atoms with Gasteiger partial charge in [0.25, 0.3) is 0 Å². The maximum Gasteiger partial charge on any atom is 0.0551 e. The van der Waals surface area contributed by atoms with Crippen molar-refractivity contribution in [3.05, 3.63) is 53.3 Å². The van der Waals surface area contributed by atoms with Crippen LogP contribution in [0.2, 0.25) is 0 Å². The molecule has 0 bridgehead atoms. The molecule has 0 fully saturated rings. The van der Waals surface area contributed by atoms with Crippen molar-refractivity contribution >= 4 is 0 Å². The van der Waals surface area contributed by atoms with Crippen LogP contribution in [0.3, 0.4) is 0 Å². The zero-order valence-corrected chi connectivity index (χ0v) is 11.2. The molecule has 0 saturated heterocycles. The smallest absolute Gasteiger partial charge is 0.0551 e. The summed E-state index contributed by atoms with van der Waals surface area (Å²) >= 11 is 0. The van der Waals surface area contributed by atoms with Crippen molar-refractivity contribution in [1.29, 1.82) is 0 Å². The van der Waals surface area contributed by atoms with E-state index in [1.165, 1.54) is 16.8 Å². The number of hydrogen-bond donors (Lipinski definition) is 1. The van der Waals surface area contributed by atoms with Crippen molar-refractivity contribution in [2.24, 2.45) is 0 Å². The van der Waals surface area contributed by atoms with Gasteiger partial charge in [-0.2, -0.15) is 5.10 Å². The van der Waals surface area contributed by atoms with Crippen molar-refractivity contribution in [1.82, 2.24) is 15.1 Å². The van der Waals surface area contributed by atoms with Crippen LogP contribution in [0, 0.1) is 6.92 Å². The molecule has 0 saturated carbocycles. The van der Waals surface area contributed by atoms with Crippen LogP contribution in [0.1, 0.15) is 23.7 Å². The summed E-state index contributed by atoms with van der Waals surface area (Å²) in [6.45, 7) is 7.07. The predicted molar refractivity (Wildman–Crippen MR) is 74.5 cm³/mol. The zero-order valence-electron chi connectivity index (χ0n) is 11.2. The Bertz CT molecular complexity index is 474. The van der Waals surface area contributed by atoms with Crippen LogP contribution in [0.15, 0.2) is 36.5 Å². The van der Waals surface area contributed by atoms with Gasteiger partial charge in [-0.3, -0.25) is 4.68 Å². The predicted octanol–water partition coefficient (Wildman–Crippen LogP) is 2.54. The van der Waals surface area contributed by atoms with E-state index in [1.807, 2.05) is 6.20 Å². The third-order valence-corrected chi connectivity index (χ3v) is 3.18. The van der Waals surface area contributed by atoms with Gasteiger partial charge in [0.2, 0.25) is 0 Å². The van der Waals surface area contributed by atoms with E-state index in [0.717, 1.165) is 26.1 Å². The van der Waals surface area contributed by atoms with Gasteiger partial charge in [0.05, 0.1) is 11.9 Å². The molecule has 3 heteroatoms. The number of hydrogen-bond acceptors (Lipinski definition) is 2. The summed E-state index contributed by atoms with van der Waals surface area (Å²) in [4.78, 5) is 0. The first-order valence-electron chi connectivity index (χ1n) is 6.57. The minimum atomic E-state index is 0.895. The number of nitrogens with one attached hydrogen (secondary N) is 1. The van der Waals surface area contributed by atoms with E-state index in [9.17, 15) is 0 Å². The second kappa shape index (κ2) is 6.36. The first-order chi connectivity index (χ1) is 8.81. The Morgan fingerprint density at radius 1 is 1.22 bits per heavy atom. The minimum absolute atomic E-state index is 0.895. The van der Waals surface area contributed by atoms with Gasteiger partial charge in [-0.1, -0.05) is 30.3 Å².